The minimum absolute atomic E-state index is 0.163. The Bertz CT molecular complexity index is 425. The number of hydrogen-bond acceptors (Lipinski definition) is 4. The van der Waals surface area contributed by atoms with Crippen molar-refractivity contribution in [2.45, 2.75) is 24.9 Å². The number of hydrogen-bond donors (Lipinski definition) is 1. The van der Waals surface area contributed by atoms with Gasteiger partial charge in [-0.25, -0.2) is 4.98 Å². The molecule has 0 radical (unpaired) electrons. The summed E-state index contributed by atoms with van der Waals surface area (Å²) in [5.74, 6) is 0.678. The molecule has 0 aliphatic carbocycles. The molecule has 1 N–H and O–H groups in total. The van der Waals surface area contributed by atoms with Gasteiger partial charge in [0.2, 0.25) is 5.88 Å². The molecule has 16 heavy (non-hydrogen) atoms. The fraction of sp³-hybridized carbons (Fsp3) is 0.500. The maximum atomic E-state index is 12.0. The van der Waals surface area contributed by atoms with E-state index in [-0.39, 0.29) is 11.4 Å². The number of carbonyl (C=O) groups excluding carboxylic acids is 1. The van der Waals surface area contributed by atoms with Crippen LogP contribution in [0.25, 0.3) is 0 Å². The van der Waals surface area contributed by atoms with Crippen molar-refractivity contribution in [2.24, 2.45) is 0 Å². The Hall–Kier alpha value is -1.42. The van der Waals surface area contributed by atoms with Crippen molar-refractivity contribution in [3.63, 3.8) is 0 Å². The van der Waals surface area contributed by atoms with Crippen molar-refractivity contribution < 1.29 is 9.53 Å². The van der Waals surface area contributed by atoms with Crippen molar-refractivity contribution in [3.8, 4) is 5.88 Å². The van der Waals surface area contributed by atoms with E-state index in [1.807, 2.05) is 0 Å². The Labute approximate surface area is 94.0 Å². The fourth-order valence-electron chi connectivity index (χ4n) is 2.47. The second-order valence-electron chi connectivity index (χ2n) is 4.49. The van der Waals surface area contributed by atoms with Crippen LogP contribution < -0.4 is 10.1 Å². The summed E-state index contributed by atoms with van der Waals surface area (Å²) in [6.07, 6.45) is 3.93. The molecule has 0 aromatic carbocycles. The molecule has 4 heteroatoms. The summed E-state index contributed by atoms with van der Waals surface area (Å²) < 4.78 is 5.96. The molecule has 0 atom stereocenters. The molecule has 4 nitrogen and oxygen atoms in total. The molecule has 3 heterocycles. The zero-order valence-corrected chi connectivity index (χ0v) is 9.03. The standard InChI is InChI=1S/C12H14N2O2/c15-10-8-12(3-6-13-7-4-12)16-11-9(10)2-1-5-14-11/h1-2,5,13H,3-4,6-8H2. The summed E-state index contributed by atoms with van der Waals surface area (Å²) in [4.78, 5) is 16.2. The van der Waals surface area contributed by atoms with Gasteiger partial charge in [-0.05, 0) is 25.2 Å². The molecule has 1 fully saturated rings. The summed E-state index contributed by atoms with van der Waals surface area (Å²) in [5, 5.41) is 3.28. The lowest BCUT2D eigenvalue weighted by Gasteiger charge is -2.40. The Morgan fingerprint density at radius 1 is 1.38 bits per heavy atom. The summed E-state index contributed by atoms with van der Waals surface area (Å²) in [7, 11) is 0. The average molecular weight is 218 g/mol. The van der Waals surface area contributed by atoms with Crippen molar-refractivity contribution in [1.82, 2.24) is 10.3 Å². The Kier molecular flexibility index (Phi) is 2.17. The first-order valence-electron chi connectivity index (χ1n) is 5.67. The molecule has 2 aliphatic heterocycles. The second-order valence-corrected chi connectivity index (χ2v) is 4.49. The number of nitrogens with zero attached hydrogens (tertiary/aromatic N) is 1. The van der Waals surface area contributed by atoms with Gasteiger partial charge in [0.15, 0.2) is 5.78 Å². The third-order valence-corrected chi connectivity index (χ3v) is 3.38. The van der Waals surface area contributed by atoms with Crippen LogP contribution in [0.2, 0.25) is 0 Å². The van der Waals surface area contributed by atoms with Crippen LogP contribution in [0.5, 0.6) is 5.88 Å². The number of fused-ring (bicyclic) bond motifs is 1. The SMILES string of the molecule is O=C1CC2(CCNCC2)Oc2ncccc21. The predicted molar refractivity (Wildman–Crippen MR) is 58.6 cm³/mol. The highest BCUT2D eigenvalue weighted by molar-refractivity contribution is 5.99. The smallest absolute Gasteiger partial charge is 0.224 e. The van der Waals surface area contributed by atoms with Gasteiger partial charge in [0.1, 0.15) is 5.60 Å². The highest BCUT2D eigenvalue weighted by Gasteiger charge is 2.41. The van der Waals surface area contributed by atoms with E-state index in [2.05, 4.69) is 10.3 Å². The second kappa shape index (κ2) is 3.56. The number of aromatic nitrogens is 1. The molecule has 0 saturated carbocycles. The summed E-state index contributed by atoms with van der Waals surface area (Å²) >= 11 is 0. The van der Waals surface area contributed by atoms with Gasteiger partial charge in [0.25, 0.3) is 0 Å². The average Bonchev–Trinajstić information content (AvgIpc) is 2.30. The minimum Gasteiger partial charge on any atom is -0.470 e. The van der Waals surface area contributed by atoms with E-state index in [9.17, 15) is 4.79 Å². The maximum Gasteiger partial charge on any atom is 0.224 e. The molecule has 1 spiro atoms. The highest BCUT2D eigenvalue weighted by Crippen LogP contribution is 2.36. The molecular weight excluding hydrogens is 204 g/mol. The molecule has 84 valence electrons. The summed E-state index contributed by atoms with van der Waals surface area (Å²) in [6.45, 7) is 1.82. The van der Waals surface area contributed by atoms with E-state index in [1.54, 1.807) is 18.3 Å². The Morgan fingerprint density at radius 2 is 2.19 bits per heavy atom. The third kappa shape index (κ3) is 1.50. The molecule has 0 amide bonds. The van der Waals surface area contributed by atoms with Crippen molar-refractivity contribution in [2.75, 3.05) is 13.1 Å². The van der Waals surface area contributed by atoms with Crippen molar-refractivity contribution in [3.05, 3.63) is 23.9 Å². The lowest BCUT2D eigenvalue weighted by Crippen LogP contribution is -2.49. The van der Waals surface area contributed by atoms with E-state index in [0.29, 0.717) is 17.9 Å². The van der Waals surface area contributed by atoms with Gasteiger partial charge in [-0.2, -0.15) is 0 Å². The van der Waals surface area contributed by atoms with Crippen molar-refractivity contribution >= 4 is 5.78 Å². The number of Topliss-reactive ketones (excluding diaryl/α,β-unsaturated/α-hetero) is 1. The van der Waals surface area contributed by atoms with E-state index in [0.717, 1.165) is 25.9 Å². The number of pyridine rings is 1. The molecule has 0 bridgehead atoms. The van der Waals surface area contributed by atoms with E-state index >= 15 is 0 Å². The van der Waals surface area contributed by atoms with Crippen LogP contribution in [-0.2, 0) is 0 Å². The molecule has 1 aromatic heterocycles. The maximum absolute atomic E-state index is 12.0. The van der Waals surface area contributed by atoms with Gasteiger partial charge < -0.3 is 10.1 Å². The first-order valence-corrected chi connectivity index (χ1v) is 5.67. The molecule has 2 aliphatic rings. The van der Waals surface area contributed by atoms with Crippen LogP contribution in [-0.4, -0.2) is 29.5 Å². The van der Waals surface area contributed by atoms with Crippen LogP contribution in [0, 0.1) is 0 Å². The van der Waals surface area contributed by atoms with E-state index in [1.165, 1.54) is 0 Å². The van der Waals surface area contributed by atoms with Gasteiger partial charge in [-0.3, -0.25) is 4.79 Å². The van der Waals surface area contributed by atoms with Crippen LogP contribution in [0.4, 0.5) is 0 Å². The summed E-state index contributed by atoms with van der Waals surface area (Å²) in [5.41, 5.74) is 0.329. The topological polar surface area (TPSA) is 51.2 Å². The van der Waals surface area contributed by atoms with E-state index < -0.39 is 0 Å². The van der Waals surface area contributed by atoms with Gasteiger partial charge in [-0.15, -0.1) is 0 Å². The van der Waals surface area contributed by atoms with Crippen molar-refractivity contribution in [1.29, 1.82) is 0 Å². The van der Waals surface area contributed by atoms with Gasteiger partial charge in [-0.1, -0.05) is 0 Å². The predicted octanol–water partition coefficient (Wildman–Crippen LogP) is 1.17. The number of carbonyl (C=O) groups is 1. The Balaban J connectivity index is 1.96. The minimum atomic E-state index is -0.302. The first-order chi connectivity index (χ1) is 7.79. The summed E-state index contributed by atoms with van der Waals surface area (Å²) in [6, 6.07) is 3.57. The molecule has 1 saturated heterocycles. The normalized spacial score (nSPS) is 22.6. The van der Waals surface area contributed by atoms with Gasteiger partial charge in [0.05, 0.1) is 12.0 Å². The zero-order chi connectivity index (χ0) is 11.0. The van der Waals surface area contributed by atoms with Gasteiger partial charge in [0, 0.05) is 19.0 Å². The van der Waals surface area contributed by atoms with Crippen LogP contribution in [0.3, 0.4) is 0 Å². The van der Waals surface area contributed by atoms with Crippen LogP contribution in [0.15, 0.2) is 18.3 Å². The Morgan fingerprint density at radius 3 is 3.00 bits per heavy atom. The quantitative estimate of drug-likeness (QED) is 0.710. The lowest BCUT2D eigenvalue weighted by atomic mass is 9.84. The molecule has 1 aromatic rings. The lowest BCUT2D eigenvalue weighted by molar-refractivity contribution is 0.0149. The van der Waals surface area contributed by atoms with Crippen LogP contribution in [0.1, 0.15) is 29.6 Å². The van der Waals surface area contributed by atoms with Crippen LogP contribution >= 0.6 is 0 Å². The number of ketones is 1. The number of nitrogens with one attached hydrogen (secondary N) is 1. The largest absolute Gasteiger partial charge is 0.470 e. The van der Waals surface area contributed by atoms with E-state index in [4.69, 9.17) is 4.74 Å². The monoisotopic (exact) mass is 218 g/mol. The number of ether oxygens (including phenoxy) is 1. The fourth-order valence-corrected chi connectivity index (χ4v) is 2.47. The molecule has 0 unspecified atom stereocenters. The van der Waals surface area contributed by atoms with Gasteiger partial charge >= 0.3 is 0 Å². The zero-order valence-electron chi connectivity index (χ0n) is 9.03. The molecular formula is C12H14N2O2. The molecule has 3 rings (SSSR count). The number of rotatable bonds is 0. The number of piperidine rings is 1. The highest BCUT2D eigenvalue weighted by atomic mass is 16.5. The third-order valence-electron chi connectivity index (χ3n) is 3.38. The first kappa shape index (κ1) is 9.78.